The summed E-state index contributed by atoms with van der Waals surface area (Å²) in [4.78, 5) is 4.60. The van der Waals surface area contributed by atoms with Gasteiger partial charge in [0, 0.05) is 23.4 Å². The second-order valence-electron chi connectivity index (χ2n) is 5.05. The summed E-state index contributed by atoms with van der Waals surface area (Å²) in [6.45, 7) is 2.89. The number of nitrogen functional groups attached to an aromatic ring is 1. The Morgan fingerprint density at radius 2 is 2.14 bits per heavy atom. The number of pyridine rings is 1. The molecular formula is C15H16ClN5S. The van der Waals surface area contributed by atoms with Gasteiger partial charge in [0.15, 0.2) is 0 Å². The highest BCUT2D eigenvalue weighted by Crippen LogP contribution is 2.23. The monoisotopic (exact) mass is 333 g/mol. The van der Waals surface area contributed by atoms with Gasteiger partial charge in [-0.3, -0.25) is 0 Å². The molecule has 0 saturated carbocycles. The first-order valence-corrected chi connectivity index (χ1v) is 8.20. The molecule has 0 unspecified atom stereocenters. The molecule has 22 heavy (non-hydrogen) atoms. The minimum absolute atomic E-state index is 0.520. The number of fused-ring (bicyclic) bond motifs is 1. The van der Waals surface area contributed by atoms with E-state index in [0.29, 0.717) is 10.2 Å². The number of hydrogen-bond donors (Lipinski definition) is 2. The molecule has 0 radical (unpaired) electrons. The van der Waals surface area contributed by atoms with Crippen LogP contribution in [0.2, 0.25) is 5.02 Å². The van der Waals surface area contributed by atoms with Gasteiger partial charge in [0.2, 0.25) is 5.13 Å². The maximum atomic E-state index is 6.04. The van der Waals surface area contributed by atoms with Crippen molar-refractivity contribution in [2.75, 3.05) is 17.6 Å². The first-order valence-electron chi connectivity index (χ1n) is 7.00. The van der Waals surface area contributed by atoms with Crippen molar-refractivity contribution in [2.24, 2.45) is 0 Å². The van der Waals surface area contributed by atoms with Crippen molar-refractivity contribution >= 4 is 44.8 Å². The molecule has 3 aromatic rings. The molecule has 2 heterocycles. The molecule has 0 aliphatic carbocycles. The number of rotatable bonds is 5. The Kier molecular flexibility index (Phi) is 4.40. The third-order valence-electron chi connectivity index (χ3n) is 3.33. The number of anilines is 2. The molecule has 2 aromatic heterocycles. The summed E-state index contributed by atoms with van der Waals surface area (Å²) in [6, 6.07) is 7.83. The van der Waals surface area contributed by atoms with E-state index >= 15 is 0 Å². The van der Waals surface area contributed by atoms with Crippen LogP contribution in [0.15, 0.2) is 24.3 Å². The Morgan fingerprint density at radius 1 is 1.27 bits per heavy atom. The number of nitrogens with two attached hydrogens (primary N) is 1. The van der Waals surface area contributed by atoms with Gasteiger partial charge in [-0.2, -0.15) is 0 Å². The number of benzene rings is 1. The van der Waals surface area contributed by atoms with Gasteiger partial charge in [-0.15, -0.1) is 10.2 Å². The zero-order valence-corrected chi connectivity index (χ0v) is 13.7. The van der Waals surface area contributed by atoms with Gasteiger partial charge in [0.05, 0.1) is 5.52 Å². The van der Waals surface area contributed by atoms with Gasteiger partial charge in [0.1, 0.15) is 10.8 Å². The third-order valence-corrected chi connectivity index (χ3v) is 4.38. The first-order chi connectivity index (χ1) is 10.6. The van der Waals surface area contributed by atoms with E-state index in [0.717, 1.165) is 41.1 Å². The Labute approximate surface area is 137 Å². The van der Waals surface area contributed by atoms with E-state index in [2.05, 4.69) is 33.5 Å². The topological polar surface area (TPSA) is 76.7 Å². The Bertz CT molecular complexity index is 802. The quantitative estimate of drug-likeness (QED) is 0.696. The van der Waals surface area contributed by atoms with Crippen molar-refractivity contribution in [2.45, 2.75) is 19.8 Å². The lowest BCUT2D eigenvalue weighted by atomic mass is 10.1. The van der Waals surface area contributed by atoms with E-state index in [1.54, 1.807) is 0 Å². The molecule has 5 nitrogen and oxygen atoms in total. The SMILES string of the molecule is Cc1cc(NCCCc2nnc(N)s2)nc2cc(Cl)ccc12. The molecule has 0 fully saturated rings. The fourth-order valence-electron chi connectivity index (χ4n) is 2.29. The largest absolute Gasteiger partial charge is 0.374 e. The number of hydrogen-bond acceptors (Lipinski definition) is 6. The summed E-state index contributed by atoms with van der Waals surface area (Å²) in [5.74, 6) is 0.865. The van der Waals surface area contributed by atoms with E-state index in [9.17, 15) is 0 Å². The molecule has 0 spiro atoms. The lowest BCUT2D eigenvalue weighted by Crippen LogP contribution is -2.05. The maximum absolute atomic E-state index is 6.04. The predicted molar refractivity (Wildman–Crippen MR) is 92.6 cm³/mol. The van der Waals surface area contributed by atoms with Crippen molar-refractivity contribution in [1.29, 1.82) is 0 Å². The lowest BCUT2D eigenvalue weighted by molar-refractivity contribution is 0.834. The maximum Gasteiger partial charge on any atom is 0.203 e. The van der Waals surface area contributed by atoms with Crippen LogP contribution in [-0.2, 0) is 6.42 Å². The van der Waals surface area contributed by atoms with Crippen molar-refractivity contribution in [1.82, 2.24) is 15.2 Å². The van der Waals surface area contributed by atoms with E-state index in [1.807, 2.05) is 18.2 Å². The standard InChI is InChI=1S/C15H16ClN5S/c1-9-7-13(19-12-8-10(16)4-5-11(9)12)18-6-2-3-14-20-21-15(17)22-14/h4-5,7-8H,2-3,6H2,1H3,(H2,17,21)(H,18,19). The van der Waals surface area contributed by atoms with Crippen LogP contribution in [0.5, 0.6) is 0 Å². The first kappa shape index (κ1) is 15.0. The smallest absolute Gasteiger partial charge is 0.203 e. The number of halogens is 1. The van der Waals surface area contributed by atoms with Crippen LogP contribution in [0.3, 0.4) is 0 Å². The van der Waals surface area contributed by atoms with Gasteiger partial charge in [0.25, 0.3) is 0 Å². The van der Waals surface area contributed by atoms with E-state index < -0.39 is 0 Å². The Morgan fingerprint density at radius 3 is 2.91 bits per heavy atom. The number of nitrogens with one attached hydrogen (secondary N) is 1. The minimum atomic E-state index is 0.520. The molecule has 114 valence electrons. The minimum Gasteiger partial charge on any atom is -0.374 e. The molecule has 7 heteroatoms. The average Bonchev–Trinajstić information content (AvgIpc) is 2.89. The van der Waals surface area contributed by atoms with Crippen molar-refractivity contribution in [3.8, 4) is 0 Å². The van der Waals surface area contributed by atoms with Crippen LogP contribution in [0, 0.1) is 6.92 Å². The van der Waals surface area contributed by atoms with Gasteiger partial charge >= 0.3 is 0 Å². The van der Waals surface area contributed by atoms with Crippen LogP contribution < -0.4 is 11.1 Å². The van der Waals surface area contributed by atoms with Crippen LogP contribution in [-0.4, -0.2) is 21.7 Å². The Balaban J connectivity index is 1.63. The summed E-state index contributed by atoms with van der Waals surface area (Å²) in [7, 11) is 0. The van der Waals surface area contributed by atoms with Crippen LogP contribution in [0.25, 0.3) is 10.9 Å². The highest BCUT2D eigenvalue weighted by Gasteiger charge is 2.04. The molecule has 0 aliphatic heterocycles. The molecule has 0 aliphatic rings. The van der Waals surface area contributed by atoms with Crippen LogP contribution in [0.1, 0.15) is 17.0 Å². The fraction of sp³-hybridized carbons (Fsp3) is 0.267. The van der Waals surface area contributed by atoms with Crippen molar-refractivity contribution in [3.63, 3.8) is 0 Å². The summed E-state index contributed by atoms with van der Waals surface area (Å²) < 4.78 is 0. The Hall–Kier alpha value is -1.92. The summed E-state index contributed by atoms with van der Waals surface area (Å²) >= 11 is 7.48. The second-order valence-corrected chi connectivity index (χ2v) is 6.58. The van der Waals surface area contributed by atoms with E-state index in [1.165, 1.54) is 16.9 Å². The average molecular weight is 334 g/mol. The van der Waals surface area contributed by atoms with Gasteiger partial charge in [-0.05, 0) is 37.1 Å². The molecule has 0 amide bonds. The number of aryl methyl sites for hydroxylation is 2. The van der Waals surface area contributed by atoms with E-state index in [4.69, 9.17) is 17.3 Å². The van der Waals surface area contributed by atoms with Gasteiger partial charge < -0.3 is 11.1 Å². The molecule has 3 N–H and O–H groups in total. The third kappa shape index (κ3) is 3.45. The number of aromatic nitrogens is 3. The number of nitrogens with zero attached hydrogens (tertiary/aromatic N) is 3. The van der Waals surface area contributed by atoms with E-state index in [-0.39, 0.29) is 0 Å². The highest BCUT2D eigenvalue weighted by molar-refractivity contribution is 7.15. The molecule has 0 saturated heterocycles. The fourth-order valence-corrected chi connectivity index (χ4v) is 3.11. The van der Waals surface area contributed by atoms with Crippen molar-refractivity contribution < 1.29 is 0 Å². The highest BCUT2D eigenvalue weighted by atomic mass is 35.5. The van der Waals surface area contributed by atoms with Gasteiger partial charge in [-0.1, -0.05) is 29.0 Å². The molecule has 3 rings (SSSR count). The lowest BCUT2D eigenvalue weighted by Gasteiger charge is -2.09. The van der Waals surface area contributed by atoms with Crippen molar-refractivity contribution in [3.05, 3.63) is 39.9 Å². The van der Waals surface area contributed by atoms with Crippen LogP contribution >= 0.6 is 22.9 Å². The normalized spacial score (nSPS) is 11.0. The summed E-state index contributed by atoms with van der Waals surface area (Å²) in [5, 5.41) is 14.5. The predicted octanol–water partition coefficient (Wildman–Crippen LogP) is 3.68. The molecular weight excluding hydrogens is 318 g/mol. The second kappa shape index (κ2) is 6.46. The van der Waals surface area contributed by atoms with Gasteiger partial charge in [-0.25, -0.2) is 4.98 Å². The summed E-state index contributed by atoms with van der Waals surface area (Å²) in [6.07, 6.45) is 1.81. The molecule has 0 bridgehead atoms. The molecule has 1 aromatic carbocycles. The molecule has 0 atom stereocenters. The zero-order valence-electron chi connectivity index (χ0n) is 12.1. The van der Waals surface area contributed by atoms with Crippen LogP contribution in [0.4, 0.5) is 10.9 Å². The summed E-state index contributed by atoms with van der Waals surface area (Å²) in [5.41, 5.74) is 7.65. The zero-order chi connectivity index (χ0) is 15.5.